The topological polar surface area (TPSA) is 51.8 Å². The van der Waals surface area contributed by atoms with Crippen molar-refractivity contribution < 1.29 is 9.13 Å². The van der Waals surface area contributed by atoms with E-state index in [-0.39, 0.29) is 11.9 Å². The van der Waals surface area contributed by atoms with Gasteiger partial charge in [0.05, 0.1) is 24.6 Å². The number of aromatic nitrogens is 2. The molecule has 0 radical (unpaired) electrons. The zero-order valence-electron chi connectivity index (χ0n) is 14.7. The van der Waals surface area contributed by atoms with Gasteiger partial charge in [0.1, 0.15) is 5.82 Å². The number of nitrogens with zero attached hydrogens (tertiary/aromatic N) is 4. The smallest absolute Gasteiger partial charge is 0.206 e. The van der Waals surface area contributed by atoms with E-state index in [4.69, 9.17) is 9.73 Å². The summed E-state index contributed by atoms with van der Waals surface area (Å²) in [6, 6.07) is 10.3. The first-order valence-electron chi connectivity index (χ1n) is 8.82. The SMILES string of the molecule is Fc1cccc(-c2csc(=NC[C@H]3CCCO3)n2/N=C\c2cccnc2)c1. The molecule has 4 rings (SSSR count). The predicted octanol–water partition coefficient (Wildman–Crippen LogP) is 3.71. The van der Waals surface area contributed by atoms with Crippen LogP contribution in [0.15, 0.2) is 64.3 Å². The van der Waals surface area contributed by atoms with Crippen LogP contribution in [0, 0.1) is 5.82 Å². The van der Waals surface area contributed by atoms with Crippen molar-refractivity contribution >= 4 is 17.6 Å². The van der Waals surface area contributed by atoms with E-state index in [9.17, 15) is 4.39 Å². The number of rotatable bonds is 5. The van der Waals surface area contributed by atoms with Gasteiger partial charge in [-0.25, -0.2) is 9.07 Å². The predicted molar refractivity (Wildman–Crippen MR) is 104 cm³/mol. The van der Waals surface area contributed by atoms with Gasteiger partial charge in [0.25, 0.3) is 0 Å². The molecule has 0 saturated carbocycles. The van der Waals surface area contributed by atoms with Crippen LogP contribution in [0.1, 0.15) is 18.4 Å². The standard InChI is InChI=1S/C20H19FN4OS/c21-17-6-1-5-16(10-17)19-14-27-20(23-13-18-7-3-9-26-18)25(19)24-12-15-4-2-8-22-11-15/h1-2,4-6,8,10-12,14,18H,3,7,9,13H2/b23-20?,24-12-/t18-/m1/s1. The monoisotopic (exact) mass is 382 g/mol. The van der Waals surface area contributed by atoms with Crippen molar-refractivity contribution in [3.8, 4) is 11.3 Å². The van der Waals surface area contributed by atoms with Gasteiger partial charge in [-0.3, -0.25) is 9.98 Å². The lowest BCUT2D eigenvalue weighted by Gasteiger charge is -2.05. The first kappa shape index (κ1) is 17.8. The molecule has 138 valence electrons. The minimum atomic E-state index is -0.278. The van der Waals surface area contributed by atoms with Crippen molar-refractivity contribution in [3.05, 3.63) is 70.4 Å². The van der Waals surface area contributed by atoms with E-state index in [1.54, 1.807) is 29.4 Å². The van der Waals surface area contributed by atoms with Gasteiger partial charge in [0, 0.05) is 35.5 Å². The molecule has 0 aliphatic carbocycles. The Balaban J connectivity index is 1.72. The summed E-state index contributed by atoms with van der Waals surface area (Å²) in [5.74, 6) is -0.278. The van der Waals surface area contributed by atoms with Crippen LogP contribution in [-0.4, -0.2) is 35.1 Å². The third-order valence-corrected chi connectivity index (χ3v) is 5.12. The van der Waals surface area contributed by atoms with Crippen LogP contribution in [-0.2, 0) is 4.74 Å². The van der Waals surface area contributed by atoms with Crippen LogP contribution in [0.25, 0.3) is 11.3 Å². The number of thiazole rings is 1. The Morgan fingerprint density at radius 2 is 2.30 bits per heavy atom. The lowest BCUT2D eigenvalue weighted by Crippen LogP contribution is -2.17. The highest BCUT2D eigenvalue weighted by molar-refractivity contribution is 7.07. The highest BCUT2D eigenvalue weighted by Gasteiger charge is 2.15. The number of pyridine rings is 1. The quantitative estimate of drug-likeness (QED) is 0.632. The van der Waals surface area contributed by atoms with Crippen molar-refractivity contribution in [2.45, 2.75) is 18.9 Å². The van der Waals surface area contributed by atoms with Gasteiger partial charge in [-0.05, 0) is 31.0 Å². The highest BCUT2D eigenvalue weighted by atomic mass is 32.1. The Bertz CT molecular complexity index is 990. The molecule has 2 aromatic heterocycles. The van der Waals surface area contributed by atoms with Gasteiger partial charge in [0.2, 0.25) is 4.80 Å². The maximum absolute atomic E-state index is 13.7. The van der Waals surface area contributed by atoms with Crippen molar-refractivity contribution in [3.63, 3.8) is 0 Å². The lowest BCUT2D eigenvalue weighted by atomic mass is 10.2. The molecular weight excluding hydrogens is 363 g/mol. The van der Waals surface area contributed by atoms with Gasteiger partial charge in [-0.1, -0.05) is 18.2 Å². The highest BCUT2D eigenvalue weighted by Crippen LogP contribution is 2.21. The van der Waals surface area contributed by atoms with E-state index in [1.807, 2.05) is 23.6 Å². The molecule has 0 spiro atoms. The van der Waals surface area contributed by atoms with E-state index in [0.717, 1.165) is 41.1 Å². The Morgan fingerprint density at radius 3 is 3.07 bits per heavy atom. The zero-order chi connectivity index (χ0) is 18.5. The molecular formula is C20H19FN4OS. The van der Waals surface area contributed by atoms with Gasteiger partial charge in [-0.2, -0.15) is 5.10 Å². The molecule has 3 heterocycles. The summed E-state index contributed by atoms with van der Waals surface area (Å²) in [4.78, 5) is 9.56. The van der Waals surface area contributed by atoms with E-state index < -0.39 is 0 Å². The van der Waals surface area contributed by atoms with Crippen molar-refractivity contribution in [1.29, 1.82) is 0 Å². The molecule has 5 nitrogen and oxygen atoms in total. The van der Waals surface area contributed by atoms with E-state index in [0.29, 0.717) is 6.54 Å². The maximum atomic E-state index is 13.7. The summed E-state index contributed by atoms with van der Waals surface area (Å²) in [5.41, 5.74) is 2.44. The van der Waals surface area contributed by atoms with E-state index in [1.165, 1.54) is 23.5 Å². The number of hydrogen-bond donors (Lipinski definition) is 0. The molecule has 1 aliphatic rings. The molecule has 1 aliphatic heterocycles. The van der Waals surface area contributed by atoms with Crippen molar-refractivity contribution in [2.24, 2.45) is 10.1 Å². The normalized spacial score (nSPS) is 17.8. The molecule has 1 saturated heterocycles. The largest absolute Gasteiger partial charge is 0.376 e. The van der Waals surface area contributed by atoms with Crippen LogP contribution in [0.4, 0.5) is 4.39 Å². The molecule has 0 amide bonds. The second-order valence-corrected chi connectivity index (χ2v) is 7.07. The average molecular weight is 382 g/mol. The lowest BCUT2D eigenvalue weighted by molar-refractivity contribution is 0.117. The fourth-order valence-electron chi connectivity index (χ4n) is 2.91. The fraction of sp³-hybridized carbons (Fsp3) is 0.250. The maximum Gasteiger partial charge on any atom is 0.206 e. The minimum absolute atomic E-state index is 0.167. The molecule has 1 aromatic carbocycles. The van der Waals surface area contributed by atoms with Crippen LogP contribution < -0.4 is 4.80 Å². The molecule has 3 aromatic rings. The van der Waals surface area contributed by atoms with Gasteiger partial charge in [-0.15, -0.1) is 11.3 Å². The first-order valence-corrected chi connectivity index (χ1v) is 9.70. The molecule has 0 N–H and O–H groups in total. The number of benzene rings is 1. The molecule has 0 unspecified atom stereocenters. The van der Waals surface area contributed by atoms with Crippen LogP contribution in [0.5, 0.6) is 0 Å². The van der Waals surface area contributed by atoms with Crippen molar-refractivity contribution in [1.82, 2.24) is 9.66 Å². The summed E-state index contributed by atoms with van der Waals surface area (Å²) in [7, 11) is 0. The number of halogens is 1. The van der Waals surface area contributed by atoms with Crippen molar-refractivity contribution in [2.75, 3.05) is 13.2 Å². The summed E-state index contributed by atoms with van der Waals surface area (Å²) >= 11 is 1.48. The van der Waals surface area contributed by atoms with E-state index >= 15 is 0 Å². The Hall–Kier alpha value is -2.64. The van der Waals surface area contributed by atoms with Gasteiger partial charge in [0.15, 0.2) is 0 Å². The van der Waals surface area contributed by atoms with Crippen LogP contribution in [0.3, 0.4) is 0 Å². The summed E-state index contributed by atoms with van der Waals surface area (Å²) < 4.78 is 21.1. The second-order valence-electron chi connectivity index (χ2n) is 6.23. The average Bonchev–Trinajstić information content (AvgIpc) is 3.35. The third kappa shape index (κ3) is 4.37. The Labute approximate surface area is 160 Å². The fourth-order valence-corrected chi connectivity index (χ4v) is 3.76. The molecule has 0 bridgehead atoms. The van der Waals surface area contributed by atoms with Crippen LogP contribution >= 0.6 is 11.3 Å². The number of ether oxygens (including phenoxy) is 1. The summed E-state index contributed by atoms with van der Waals surface area (Å²) in [5, 5.41) is 6.54. The molecule has 1 atom stereocenters. The van der Waals surface area contributed by atoms with E-state index in [2.05, 4.69) is 10.1 Å². The molecule has 1 fully saturated rings. The minimum Gasteiger partial charge on any atom is -0.376 e. The van der Waals surface area contributed by atoms with Gasteiger partial charge >= 0.3 is 0 Å². The summed E-state index contributed by atoms with van der Waals surface area (Å²) in [6.07, 6.45) is 7.47. The Morgan fingerprint density at radius 1 is 1.33 bits per heavy atom. The molecule has 7 heteroatoms. The molecule has 27 heavy (non-hydrogen) atoms. The Kier molecular flexibility index (Phi) is 5.50. The third-order valence-electron chi connectivity index (χ3n) is 4.27. The second kappa shape index (κ2) is 8.37. The van der Waals surface area contributed by atoms with Crippen LogP contribution in [0.2, 0.25) is 0 Å². The summed E-state index contributed by atoms with van der Waals surface area (Å²) in [6.45, 7) is 1.41. The zero-order valence-corrected chi connectivity index (χ0v) is 15.5. The first-order chi connectivity index (χ1) is 13.3. The number of hydrogen-bond acceptors (Lipinski definition) is 5. The van der Waals surface area contributed by atoms with Gasteiger partial charge < -0.3 is 4.74 Å².